The molecule has 0 radical (unpaired) electrons. The van der Waals surface area contributed by atoms with Gasteiger partial charge in [-0.3, -0.25) is 0 Å². The second kappa shape index (κ2) is 2.42. The van der Waals surface area contributed by atoms with E-state index in [0.717, 1.165) is 18.1 Å². The second-order valence-electron chi connectivity index (χ2n) is 2.80. The molecule has 1 nitrogen and oxygen atoms in total. The Morgan fingerprint density at radius 3 is 2.55 bits per heavy atom. The van der Waals surface area contributed by atoms with Crippen molar-refractivity contribution in [1.29, 1.82) is 0 Å². The van der Waals surface area contributed by atoms with Gasteiger partial charge < -0.3 is 5.11 Å². The monoisotopic (exact) mass is 146 g/mol. The summed E-state index contributed by atoms with van der Waals surface area (Å²) in [6.45, 7) is 0. The third kappa shape index (κ3) is 1.14. The van der Waals surface area contributed by atoms with E-state index in [4.69, 9.17) is 5.11 Å². The first kappa shape index (κ1) is 6.47. The number of hydrogen-bond donors (Lipinski definition) is 1. The van der Waals surface area contributed by atoms with Gasteiger partial charge in [0.15, 0.2) is 0 Å². The molecule has 0 aromatic heterocycles. The molecule has 1 aromatic carbocycles. The van der Waals surface area contributed by atoms with Gasteiger partial charge in [0, 0.05) is 0 Å². The lowest BCUT2D eigenvalue weighted by Crippen LogP contribution is -2.25. The summed E-state index contributed by atoms with van der Waals surface area (Å²) in [5.41, 5.74) is 0. The van der Waals surface area contributed by atoms with E-state index in [0.29, 0.717) is 5.75 Å². The summed E-state index contributed by atoms with van der Waals surface area (Å²) < 4.78 is 0. The Kier molecular flexibility index (Phi) is 1.42. The molecule has 0 aliphatic heterocycles. The lowest BCUT2D eigenvalue weighted by atomic mass is 10.1. The van der Waals surface area contributed by atoms with Gasteiger partial charge in [-0.05, 0) is 35.4 Å². The number of aromatic hydroxyl groups is 1. The predicted molar refractivity (Wildman–Crippen MR) is 45.5 cm³/mol. The SMILES string of the molecule is Oc1ccc2c(c1)=CCCC=2. The molecule has 56 valence electrons. The fraction of sp³-hybridized carbons (Fsp3) is 0.200. The maximum Gasteiger partial charge on any atom is 0.116 e. The van der Waals surface area contributed by atoms with Gasteiger partial charge in [0.25, 0.3) is 0 Å². The summed E-state index contributed by atoms with van der Waals surface area (Å²) in [5.74, 6) is 0.357. The summed E-state index contributed by atoms with van der Waals surface area (Å²) in [5, 5.41) is 11.6. The Bertz CT molecular complexity index is 376. The molecular weight excluding hydrogens is 136 g/mol. The molecule has 0 saturated carbocycles. The van der Waals surface area contributed by atoms with Crippen LogP contribution in [0.3, 0.4) is 0 Å². The van der Waals surface area contributed by atoms with Crippen molar-refractivity contribution in [1.82, 2.24) is 0 Å². The molecule has 11 heavy (non-hydrogen) atoms. The first-order chi connectivity index (χ1) is 5.36. The Morgan fingerprint density at radius 1 is 1.00 bits per heavy atom. The van der Waals surface area contributed by atoms with E-state index in [1.807, 2.05) is 12.1 Å². The van der Waals surface area contributed by atoms with Gasteiger partial charge in [0.2, 0.25) is 0 Å². The molecule has 0 bridgehead atoms. The normalized spacial score (nSPS) is 14.5. The van der Waals surface area contributed by atoms with Crippen molar-refractivity contribution in [3.05, 3.63) is 28.6 Å². The van der Waals surface area contributed by atoms with E-state index in [1.54, 1.807) is 6.07 Å². The number of phenolic OH excluding ortho intramolecular Hbond substituents is 1. The number of benzene rings is 1. The number of fused-ring (bicyclic) bond motifs is 1. The zero-order valence-electron chi connectivity index (χ0n) is 6.25. The van der Waals surface area contributed by atoms with Crippen LogP contribution in [0.5, 0.6) is 5.75 Å². The molecular formula is C10H10O. The minimum absolute atomic E-state index is 0.357. The fourth-order valence-electron chi connectivity index (χ4n) is 1.40. The second-order valence-corrected chi connectivity index (χ2v) is 2.80. The van der Waals surface area contributed by atoms with E-state index in [1.165, 1.54) is 5.22 Å². The minimum Gasteiger partial charge on any atom is -0.508 e. The van der Waals surface area contributed by atoms with Gasteiger partial charge in [-0.1, -0.05) is 18.2 Å². The van der Waals surface area contributed by atoms with Crippen LogP contribution in [0.4, 0.5) is 0 Å². The van der Waals surface area contributed by atoms with Crippen LogP contribution in [-0.4, -0.2) is 5.11 Å². The van der Waals surface area contributed by atoms with Crippen LogP contribution in [-0.2, 0) is 0 Å². The summed E-state index contributed by atoms with van der Waals surface area (Å²) in [7, 11) is 0. The molecule has 1 N–H and O–H groups in total. The van der Waals surface area contributed by atoms with Crippen molar-refractivity contribution in [3.8, 4) is 5.75 Å². The maximum atomic E-state index is 9.15. The topological polar surface area (TPSA) is 20.2 Å². The Hall–Kier alpha value is -1.24. The number of hydrogen-bond acceptors (Lipinski definition) is 1. The molecule has 0 saturated heterocycles. The number of rotatable bonds is 0. The van der Waals surface area contributed by atoms with Crippen molar-refractivity contribution in [3.63, 3.8) is 0 Å². The van der Waals surface area contributed by atoms with Crippen LogP contribution in [0.2, 0.25) is 0 Å². The first-order valence-electron chi connectivity index (χ1n) is 3.86. The van der Waals surface area contributed by atoms with E-state index >= 15 is 0 Å². The Morgan fingerprint density at radius 2 is 1.73 bits per heavy atom. The van der Waals surface area contributed by atoms with Crippen LogP contribution in [0.25, 0.3) is 12.2 Å². The summed E-state index contributed by atoms with van der Waals surface area (Å²) >= 11 is 0. The lowest BCUT2D eigenvalue weighted by molar-refractivity contribution is 0.474. The van der Waals surface area contributed by atoms with Crippen molar-refractivity contribution in [2.45, 2.75) is 12.8 Å². The predicted octanol–water partition coefficient (Wildman–Crippen LogP) is 0.747. The zero-order valence-corrected chi connectivity index (χ0v) is 6.25. The standard InChI is InChI=1S/C10H10O/c11-10-6-5-8-3-1-2-4-9(8)7-10/h3-7,11H,1-2H2. The van der Waals surface area contributed by atoms with Gasteiger partial charge in [-0.2, -0.15) is 0 Å². The summed E-state index contributed by atoms with van der Waals surface area (Å²) in [6, 6.07) is 5.50. The average molecular weight is 146 g/mol. The van der Waals surface area contributed by atoms with E-state index in [-0.39, 0.29) is 0 Å². The Balaban J connectivity index is 2.80. The number of phenols is 1. The van der Waals surface area contributed by atoms with Crippen molar-refractivity contribution >= 4 is 12.2 Å². The average Bonchev–Trinajstić information content (AvgIpc) is 2.04. The van der Waals surface area contributed by atoms with Gasteiger partial charge >= 0.3 is 0 Å². The third-order valence-electron chi connectivity index (χ3n) is 1.97. The maximum absolute atomic E-state index is 9.15. The molecule has 1 heteroatoms. The van der Waals surface area contributed by atoms with E-state index in [9.17, 15) is 0 Å². The highest BCUT2D eigenvalue weighted by Gasteiger charge is 1.93. The molecule has 0 spiro atoms. The van der Waals surface area contributed by atoms with E-state index in [2.05, 4.69) is 12.2 Å². The molecule has 0 atom stereocenters. The van der Waals surface area contributed by atoms with Crippen molar-refractivity contribution in [2.75, 3.05) is 0 Å². The van der Waals surface area contributed by atoms with Crippen LogP contribution in [0.1, 0.15) is 12.8 Å². The van der Waals surface area contributed by atoms with Gasteiger partial charge in [0.05, 0.1) is 0 Å². The molecule has 1 aliphatic carbocycles. The molecule has 0 fully saturated rings. The largest absolute Gasteiger partial charge is 0.508 e. The smallest absolute Gasteiger partial charge is 0.116 e. The van der Waals surface area contributed by atoms with Gasteiger partial charge in [-0.15, -0.1) is 0 Å². The highest BCUT2D eigenvalue weighted by atomic mass is 16.3. The van der Waals surface area contributed by atoms with Crippen LogP contribution in [0, 0.1) is 0 Å². The summed E-state index contributed by atoms with van der Waals surface area (Å²) in [6.07, 6.45) is 6.58. The van der Waals surface area contributed by atoms with Gasteiger partial charge in [0.1, 0.15) is 5.75 Å². The summed E-state index contributed by atoms with van der Waals surface area (Å²) in [4.78, 5) is 0. The van der Waals surface area contributed by atoms with Crippen LogP contribution >= 0.6 is 0 Å². The minimum atomic E-state index is 0.357. The van der Waals surface area contributed by atoms with E-state index < -0.39 is 0 Å². The van der Waals surface area contributed by atoms with Crippen molar-refractivity contribution < 1.29 is 5.11 Å². The molecule has 0 heterocycles. The van der Waals surface area contributed by atoms with Crippen LogP contribution < -0.4 is 10.4 Å². The zero-order chi connectivity index (χ0) is 7.68. The highest BCUT2D eigenvalue weighted by Crippen LogP contribution is 2.01. The lowest BCUT2D eigenvalue weighted by Gasteiger charge is -1.99. The quantitative estimate of drug-likeness (QED) is 0.572. The molecule has 2 rings (SSSR count). The molecule has 1 aromatic rings. The molecule has 0 amide bonds. The third-order valence-corrected chi connectivity index (χ3v) is 1.97. The van der Waals surface area contributed by atoms with Gasteiger partial charge in [-0.25, -0.2) is 0 Å². The Labute approximate surface area is 65.3 Å². The first-order valence-corrected chi connectivity index (χ1v) is 3.86. The highest BCUT2D eigenvalue weighted by molar-refractivity contribution is 5.40. The van der Waals surface area contributed by atoms with Crippen molar-refractivity contribution in [2.24, 2.45) is 0 Å². The fourth-order valence-corrected chi connectivity index (χ4v) is 1.40. The molecule has 1 aliphatic rings. The molecule has 0 unspecified atom stereocenters. The van der Waals surface area contributed by atoms with Crippen LogP contribution in [0.15, 0.2) is 18.2 Å².